The number of carbonyl (C=O) groups is 1. The van der Waals surface area contributed by atoms with Crippen molar-refractivity contribution in [1.29, 1.82) is 0 Å². The molecule has 76 valence electrons. The minimum atomic E-state index is -1.83. The van der Waals surface area contributed by atoms with Gasteiger partial charge in [0.1, 0.15) is 0 Å². The van der Waals surface area contributed by atoms with Gasteiger partial charge in [0.15, 0.2) is 7.83 Å². The molecule has 0 aliphatic rings. The zero-order chi connectivity index (χ0) is 10.5. The predicted octanol–water partition coefficient (Wildman–Crippen LogP) is -0.0745. The molecule has 0 aromatic rings. The third-order valence-corrected chi connectivity index (χ3v) is 4.59. The Morgan fingerprint density at radius 2 is 2.23 bits per heavy atom. The topological polar surface area (TPSA) is 46.5 Å². The second-order valence-electron chi connectivity index (χ2n) is 3.83. The lowest BCUT2D eigenvalue weighted by Crippen LogP contribution is -2.30. The van der Waals surface area contributed by atoms with Gasteiger partial charge in [0, 0.05) is 15.3 Å². The monoisotopic (exact) mass is 218 g/mol. The average Bonchev–Trinajstić information content (AvgIpc) is 1.95. The van der Waals surface area contributed by atoms with E-state index in [0.29, 0.717) is 12.2 Å². The molecule has 5 heteroatoms. The molecule has 0 aromatic heterocycles. The van der Waals surface area contributed by atoms with E-state index in [9.17, 15) is 9.59 Å². The van der Waals surface area contributed by atoms with Crippen LogP contribution in [0.4, 0.5) is 0 Å². The van der Waals surface area contributed by atoms with Gasteiger partial charge in [0.05, 0.1) is 6.61 Å². The van der Waals surface area contributed by atoms with Crippen molar-refractivity contribution in [2.45, 2.75) is 25.9 Å². The van der Waals surface area contributed by atoms with Crippen LogP contribution in [-0.2, 0) is 9.53 Å². The molecule has 0 aliphatic heterocycles. The van der Waals surface area contributed by atoms with Crippen LogP contribution in [0.3, 0.4) is 0 Å². The Morgan fingerprint density at radius 3 is 2.62 bits per heavy atom. The lowest BCUT2D eigenvalue weighted by atomic mass is 10.4. The van der Waals surface area contributed by atoms with Crippen LogP contribution in [0, 0.1) is 0 Å². The highest BCUT2D eigenvalue weighted by atomic mass is 29.2. The fourth-order valence-electron chi connectivity index (χ4n) is 0.793. The molecule has 0 heterocycles. The van der Waals surface area contributed by atoms with Crippen molar-refractivity contribution in [3.05, 3.63) is 12.2 Å². The summed E-state index contributed by atoms with van der Waals surface area (Å²) < 4.78 is 4.89. The van der Waals surface area contributed by atoms with Crippen LogP contribution in [0.15, 0.2) is 12.2 Å². The summed E-state index contributed by atoms with van der Waals surface area (Å²) in [5.74, 6) is -0.338. The van der Waals surface area contributed by atoms with E-state index in [1.165, 1.54) is 0 Å². The van der Waals surface area contributed by atoms with Gasteiger partial charge in [-0.1, -0.05) is 6.58 Å². The number of rotatable bonds is 5. The van der Waals surface area contributed by atoms with Crippen LogP contribution in [0.2, 0.25) is 12.6 Å². The van der Waals surface area contributed by atoms with Crippen LogP contribution >= 0.6 is 0 Å². The molecule has 0 aromatic carbocycles. The lowest BCUT2D eigenvalue weighted by Gasteiger charge is -2.13. The summed E-state index contributed by atoms with van der Waals surface area (Å²) in [6.45, 7) is 7.43. The first-order chi connectivity index (χ1) is 5.83. The van der Waals surface area contributed by atoms with Gasteiger partial charge in [0.2, 0.25) is 0 Å². The minimum absolute atomic E-state index is 0.338. The van der Waals surface area contributed by atoms with E-state index in [4.69, 9.17) is 4.74 Å². The Morgan fingerprint density at radius 1 is 1.69 bits per heavy atom. The zero-order valence-electron chi connectivity index (χ0n) is 8.59. The molecule has 0 amide bonds. The Hall–Kier alpha value is -0.396. The van der Waals surface area contributed by atoms with Gasteiger partial charge in [-0.15, -0.1) is 0 Å². The van der Waals surface area contributed by atoms with E-state index in [1.807, 2.05) is 6.55 Å². The summed E-state index contributed by atoms with van der Waals surface area (Å²) in [6.07, 6.45) is 0.766. The maximum absolute atomic E-state index is 10.9. The highest BCUT2D eigenvalue weighted by Gasteiger charge is 2.15. The molecule has 0 bridgehead atoms. The molecule has 0 fully saturated rings. The van der Waals surface area contributed by atoms with Gasteiger partial charge in [-0.3, -0.25) is 0 Å². The quantitative estimate of drug-likeness (QED) is 0.304. The largest absolute Gasteiger partial charge is 0.462 e. The molecule has 0 radical (unpaired) electrons. The third-order valence-electron chi connectivity index (χ3n) is 1.51. The third kappa shape index (κ3) is 7.95. The van der Waals surface area contributed by atoms with Crippen molar-refractivity contribution >= 4 is 23.6 Å². The second-order valence-corrected chi connectivity index (χ2v) is 14.4. The highest BCUT2D eigenvalue weighted by Crippen LogP contribution is 2.04. The van der Waals surface area contributed by atoms with Crippen molar-refractivity contribution in [2.75, 3.05) is 6.61 Å². The Kier molecular flexibility index (Phi) is 5.20. The van der Waals surface area contributed by atoms with Crippen molar-refractivity contribution in [3.63, 3.8) is 0 Å². The van der Waals surface area contributed by atoms with E-state index in [1.54, 1.807) is 6.92 Å². The summed E-state index contributed by atoms with van der Waals surface area (Å²) in [6, 6.07) is 0.822. The van der Waals surface area contributed by atoms with Crippen LogP contribution in [-0.4, -0.2) is 35.0 Å². The first-order valence-electron chi connectivity index (χ1n) is 4.38. The summed E-state index contributed by atoms with van der Waals surface area (Å²) >= 11 is 0. The molecule has 1 atom stereocenters. The molecule has 0 spiro atoms. The smallest absolute Gasteiger partial charge is 0.333 e. The van der Waals surface area contributed by atoms with Crippen LogP contribution < -0.4 is 0 Å². The van der Waals surface area contributed by atoms with Crippen molar-refractivity contribution in [2.24, 2.45) is 0 Å². The van der Waals surface area contributed by atoms with Crippen molar-refractivity contribution in [1.82, 2.24) is 0 Å². The van der Waals surface area contributed by atoms with Gasteiger partial charge < -0.3 is 9.53 Å². The van der Waals surface area contributed by atoms with Crippen LogP contribution in [0.25, 0.3) is 0 Å². The molecule has 0 aliphatic carbocycles. The zero-order valence-corrected chi connectivity index (χ0v) is 11.6. The normalized spacial score (nSPS) is 15.0. The first kappa shape index (κ1) is 12.6. The maximum atomic E-state index is 10.9. The SMILES string of the molecule is C=C(C)C(=O)OCCC[Si](C)(O)[SiH3]. The van der Waals surface area contributed by atoms with Gasteiger partial charge in [-0.25, -0.2) is 4.79 Å². The standard InChI is InChI=1S/C8H18O3Si2/c1-7(2)8(9)11-5-4-6-13(3,10)12/h10H,1,4-6H2,2-3,12H3. The first-order valence-corrected chi connectivity index (χ1v) is 10.5. The van der Waals surface area contributed by atoms with E-state index in [2.05, 4.69) is 6.58 Å². The van der Waals surface area contributed by atoms with Gasteiger partial charge >= 0.3 is 5.97 Å². The molecule has 0 saturated carbocycles. The van der Waals surface area contributed by atoms with Gasteiger partial charge in [-0.05, 0) is 25.9 Å². The average molecular weight is 218 g/mol. The van der Waals surface area contributed by atoms with Gasteiger partial charge in [0.25, 0.3) is 0 Å². The minimum Gasteiger partial charge on any atom is -0.462 e. The van der Waals surface area contributed by atoms with E-state index >= 15 is 0 Å². The predicted molar refractivity (Wildman–Crippen MR) is 59.0 cm³/mol. The molecule has 1 N–H and O–H groups in total. The molecular weight excluding hydrogens is 200 g/mol. The Labute approximate surface area is 83.1 Å². The van der Waals surface area contributed by atoms with Crippen LogP contribution in [0.5, 0.6) is 0 Å². The summed E-state index contributed by atoms with van der Waals surface area (Å²) in [4.78, 5) is 20.4. The fraction of sp³-hybridized carbons (Fsp3) is 0.625. The molecular formula is C8H18O3Si2. The van der Waals surface area contributed by atoms with Crippen LogP contribution in [0.1, 0.15) is 13.3 Å². The number of hydrogen-bond acceptors (Lipinski definition) is 3. The molecule has 3 nitrogen and oxygen atoms in total. The van der Waals surface area contributed by atoms with E-state index in [0.717, 1.165) is 22.2 Å². The van der Waals surface area contributed by atoms with Gasteiger partial charge in [-0.2, -0.15) is 0 Å². The van der Waals surface area contributed by atoms with Crippen molar-refractivity contribution < 1.29 is 14.3 Å². The second kappa shape index (κ2) is 5.36. The Balaban J connectivity index is 3.47. The number of hydrogen-bond donors (Lipinski definition) is 1. The van der Waals surface area contributed by atoms with E-state index < -0.39 is 7.83 Å². The summed E-state index contributed by atoms with van der Waals surface area (Å²) in [5, 5.41) is 0. The molecule has 0 rings (SSSR count). The number of carbonyl (C=O) groups excluding carboxylic acids is 1. The molecule has 0 saturated heterocycles. The molecule has 13 heavy (non-hydrogen) atoms. The van der Waals surface area contributed by atoms with Crippen molar-refractivity contribution in [3.8, 4) is 0 Å². The number of esters is 1. The maximum Gasteiger partial charge on any atom is 0.333 e. The van der Waals surface area contributed by atoms with E-state index in [-0.39, 0.29) is 5.97 Å². The highest BCUT2D eigenvalue weighted by molar-refractivity contribution is 7.11. The lowest BCUT2D eigenvalue weighted by molar-refractivity contribution is -0.138. The molecule has 1 unspecified atom stereocenters. The summed E-state index contributed by atoms with van der Waals surface area (Å²) in [5.41, 5.74) is 0.426. The summed E-state index contributed by atoms with van der Waals surface area (Å²) in [7, 11) is -0.957. The number of ether oxygens (including phenoxy) is 1. The Bertz CT molecular complexity index is 196. The fourth-order valence-corrected chi connectivity index (χ4v) is 2.86.